The molecule has 1 N–H and O–H groups in total. The van der Waals surface area contributed by atoms with Crippen molar-refractivity contribution >= 4 is 11.8 Å². The molecule has 1 aromatic heterocycles. The van der Waals surface area contributed by atoms with Crippen LogP contribution in [0.5, 0.6) is 0 Å². The van der Waals surface area contributed by atoms with E-state index >= 15 is 0 Å². The largest absolute Gasteiger partial charge is 0.468 e. The Morgan fingerprint density at radius 1 is 1.25 bits per heavy atom. The molecule has 1 aromatic rings. The van der Waals surface area contributed by atoms with Gasteiger partial charge in [-0.05, 0) is 62.4 Å². The van der Waals surface area contributed by atoms with Gasteiger partial charge in [0.1, 0.15) is 5.76 Å². The first kappa shape index (κ1) is 14.5. The number of likely N-dealkylation sites (tertiary alicyclic amines) is 1. The van der Waals surface area contributed by atoms with E-state index in [9.17, 15) is 0 Å². The van der Waals surface area contributed by atoms with E-state index in [1.54, 1.807) is 0 Å². The second-order valence-corrected chi connectivity index (χ2v) is 7.15. The maximum absolute atomic E-state index is 5.70. The van der Waals surface area contributed by atoms with Crippen LogP contribution < -0.4 is 5.32 Å². The standard InChI is InChI=1S/C16H26N2OS/c1-2-8-18(9-3-1)15(16-5-4-10-19-16)13-17-14-6-11-20-12-7-14/h4-5,10,14-15,17H,1-3,6-9,11-13H2. The minimum Gasteiger partial charge on any atom is -0.468 e. The van der Waals surface area contributed by atoms with Crippen LogP contribution in [0.4, 0.5) is 0 Å². The zero-order chi connectivity index (χ0) is 13.6. The van der Waals surface area contributed by atoms with Gasteiger partial charge in [0.15, 0.2) is 0 Å². The highest BCUT2D eigenvalue weighted by molar-refractivity contribution is 7.99. The number of rotatable bonds is 5. The molecule has 1 unspecified atom stereocenters. The van der Waals surface area contributed by atoms with E-state index in [2.05, 4.69) is 28.0 Å². The maximum Gasteiger partial charge on any atom is 0.122 e. The third-order valence-corrected chi connectivity index (χ3v) is 5.57. The van der Waals surface area contributed by atoms with Gasteiger partial charge in [0, 0.05) is 12.6 Å². The van der Waals surface area contributed by atoms with Crippen molar-refractivity contribution in [2.45, 2.75) is 44.2 Å². The van der Waals surface area contributed by atoms with Gasteiger partial charge in [-0.25, -0.2) is 0 Å². The number of nitrogens with zero attached hydrogens (tertiary/aromatic N) is 1. The van der Waals surface area contributed by atoms with E-state index in [4.69, 9.17) is 4.42 Å². The quantitative estimate of drug-likeness (QED) is 0.902. The Labute approximate surface area is 126 Å². The zero-order valence-corrected chi connectivity index (χ0v) is 13.0. The fourth-order valence-corrected chi connectivity index (χ4v) is 4.41. The van der Waals surface area contributed by atoms with Crippen LogP contribution in [-0.4, -0.2) is 42.1 Å². The van der Waals surface area contributed by atoms with Crippen LogP contribution in [0.1, 0.15) is 43.9 Å². The van der Waals surface area contributed by atoms with Crippen LogP contribution in [-0.2, 0) is 0 Å². The molecule has 20 heavy (non-hydrogen) atoms. The van der Waals surface area contributed by atoms with Gasteiger partial charge in [0.2, 0.25) is 0 Å². The molecule has 0 radical (unpaired) electrons. The first-order chi connectivity index (χ1) is 9.93. The van der Waals surface area contributed by atoms with E-state index in [1.165, 1.54) is 56.7 Å². The third-order valence-electron chi connectivity index (χ3n) is 4.52. The molecule has 0 amide bonds. The summed E-state index contributed by atoms with van der Waals surface area (Å²) in [4.78, 5) is 2.60. The maximum atomic E-state index is 5.70. The number of piperidine rings is 1. The lowest BCUT2D eigenvalue weighted by Crippen LogP contribution is -2.42. The average molecular weight is 294 g/mol. The van der Waals surface area contributed by atoms with Crippen LogP contribution in [0.2, 0.25) is 0 Å². The molecule has 3 rings (SSSR count). The molecule has 2 fully saturated rings. The van der Waals surface area contributed by atoms with Gasteiger partial charge < -0.3 is 9.73 Å². The highest BCUT2D eigenvalue weighted by Crippen LogP contribution is 2.25. The second kappa shape index (κ2) is 7.53. The fourth-order valence-electron chi connectivity index (χ4n) is 3.30. The molecule has 0 aliphatic carbocycles. The van der Waals surface area contributed by atoms with Crippen LogP contribution in [0.25, 0.3) is 0 Å². The highest BCUT2D eigenvalue weighted by Gasteiger charge is 2.25. The van der Waals surface area contributed by atoms with E-state index in [0.29, 0.717) is 12.1 Å². The van der Waals surface area contributed by atoms with Crippen molar-refractivity contribution < 1.29 is 4.42 Å². The Kier molecular flexibility index (Phi) is 5.45. The van der Waals surface area contributed by atoms with Crippen LogP contribution in [0.3, 0.4) is 0 Å². The summed E-state index contributed by atoms with van der Waals surface area (Å²) in [5.74, 6) is 3.75. The number of nitrogens with one attached hydrogen (secondary N) is 1. The SMILES string of the molecule is c1coc(C(CNC2CCSCC2)N2CCCCC2)c1. The van der Waals surface area contributed by atoms with Gasteiger partial charge in [-0.1, -0.05) is 6.42 Å². The fraction of sp³-hybridized carbons (Fsp3) is 0.750. The summed E-state index contributed by atoms with van der Waals surface area (Å²) in [7, 11) is 0. The number of hydrogen-bond acceptors (Lipinski definition) is 4. The topological polar surface area (TPSA) is 28.4 Å². The van der Waals surface area contributed by atoms with Gasteiger partial charge in [-0.3, -0.25) is 4.90 Å². The zero-order valence-electron chi connectivity index (χ0n) is 12.2. The van der Waals surface area contributed by atoms with Crippen LogP contribution >= 0.6 is 11.8 Å². The summed E-state index contributed by atoms with van der Waals surface area (Å²) in [6, 6.07) is 5.28. The molecule has 2 aliphatic rings. The molecule has 1 atom stereocenters. The minimum atomic E-state index is 0.417. The summed E-state index contributed by atoms with van der Waals surface area (Å²) in [5.41, 5.74) is 0. The first-order valence-electron chi connectivity index (χ1n) is 8.02. The van der Waals surface area contributed by atoms with Crippen molar-refractivity contribution in [1.82, 2.24) is 10.2 Å². The molecule has 112 valence electrons. The van der Waals surface area contributed by atoms with Crippen molar-refractivity contribution in [3.05, 3.63) is 24.2 Å². The lowest BCUT2D eigenvalue weighted by Gasteiger charge is -2.35. The predicted octanol–water partition coefficient (Wildman–Crippen LogP) is 3.29. The Morgan fingerprint density at radius 3 is 2.75 bits per heavy atom. The molecule has 0 aromatic carbocycles. The van der Waals surface area contributed by atoms with Crippen LogP contribution in [0.15, 0.2) is 22.8 Å². The van der Waals surface area contributed by atoms with Gasteiger partial charge in [-0.2, -0.15) is 11.8 Å². The van der Waals surface area contributed by atoms with Gasteiger partial charge >= 0.3 is 0 Å². The number of furan rings is 1. The van der Waals surface area contributed by atoms with Crippen molar-refractivity contribution in [3.8, 4) is 0 Å². The summed E-state index contributed by atoms with van der Waals surface area (Å²) < 4.78 is 5.70. The van der Waals surface area contributed by atoms with E-state index < -0.39 is 0 Å². The second-order valence-electron chi connectivity index (χ2n) is 5.92. The third kappa shape index (κ3) is 3.80. The monoisotopic (exact) mass is 294 g/mol. The summed E-state index contributed by atoms with van der Waals surface area (Å²) in [5, 5.41) is 3.79. The molecule has 2 aliphatic heterocycles. The molecule has 3 nitrogen and oxygen atoms in total. The lowest BCUT2D eigenvalue weighted by molar-refractivity contribution is 0.139. The summed E-state index contributed by atoms with van der Waals surface area (Å²) >= 11 is 2.09. The molecule has 3 heterocycles. The molecule has 4 heteroatoms. The van der Waals surface area contributed by atoms with Crippen molar-refractivity contribution in [2.24, 2.45) is 0 Å². The Balaban J connectivity index is 1.59. The normalized spacial score (nSPS) is 23.8. The molecule has 0 saturated carbocycles. The van der Waals surface area contributed by atoms with E-state index in [0.717, 1.165) is 12.3 Å². The Morgan fingerprint density at radius 2 is 2.05 bits per heavy atom. The smallest absolute Gasteiger partial charge is 0.122 e. The molecular weight excluding hydrogens is 268 g/mol. The molecule has 2 saturated heterocycles. The summed E-state index contributed by atoms with van der Waals surface area (Å²) in [6.45, 7) is 3.46. The highest BCUT2D eigenvalue weighted by atomic mass is 32.2. The number of hydrogen-bond donors (Lipinski definition) is 1. The first-order valence-corrected chi connectivity index (χ1v) is 9.17. The van der Waals surface area contributed by atoms with Gasteiger partial charge in [0.25, 0.3) is 0 Å². The predicted molar refractivity (Wildman–Crippen MR) is 85.2 cm³/mol. The minimum absolute atomic E-state index is 0.417. The molecule has 0 spiro atoms. The number of thioether (sulfide) groups is 1. The van der Waals surface area contributed by atoms with E-state index in [-0.39, 0.29) is 0 Å². The van der Waals surface area contributed by atoms with Crippen molar-refractivity contribution in [3.63, 3.8) is 0 Å². The Hall–Kier alpha value is -0.450. The van der Waals surface area contributed by atoms with Crippen molar-refractivity contribution in [2.75, 3.05) is 31.1 Å². The molecular formula is C16H26N2OS. The van der Waals surface area contributed by atoms with Gasteiger partial charge in [0.05, 0.1) is 12.3 Å². The average Bonchev–Trinajstić information content (AvgIpc) is 3.04. The lowest BCUT2D eigenvalue weighted by atomic mass is 10.1. The molecule has 0 bridgehead atoms. The van der Waals surface area contributed by atoms with E-state index in [1.807, 2.05) is 12.3 Å². The van der Waals surface area contributed by atoms with Gasteiger partial charge in [-0.15, -0.1) is 0 Å². The van der Waals surface area contributed by atoms with Crippen molar-refractivity contribution in [1.29, 1.82) is 0 Å². The Bertz CT molecular complexity index is 370. The summed E-state index contributed by atoms with van der Waals surface area (Å²) in [6.07, 6.45) is 8.48. The van der Waals surface area contributed by atoms with Crippen LogP contribution in [0, 0.1) is 0 Å².